The van der Waals surface area contributed by atoms with Gasteiger partial charge >= 0.3 is 6.18 Å². The third-order valence-corrected chi connectivity index (χ3v) is 4.44. The van der Waals surface area contributed by atoms with Crippen LogP contribution >= 0.6 is 24.4 Å². The van der Waals surface area contributed by atoms with E-state index in [4.69, 9.17) is 0 Å². The van der Waals surface area contributed by atoms with Crippen LogP contribution in [0.25, 0.3) is 0 Å². The first-order valence-electron chi connectivity index (χ1n) is 5.65. The van der Waals surface area contributed by atoms with Gasteiger partial charge in [0.1, 0.15) is 0 Å². The van der Waals surface area contributed by atoms with Crippen LogP contribution in [-0.2, 0) is 11.9 Å². The topological polar surface area (TPSA) is 12.0 Å². The summed E-state index contributed by atoms with van der Waals surface area (Å²) in [4.78, 5) is 1.09. The summed E-state index contributed by atoms with van der Waals surface area (Å²) in [5, 5.41) is 3.04. The van der Waals surface area contributed by atoms with E-state index in [1.165, 1.54) is 12.1 Å². The first-order valence-corrected chi connectivity index (χ1v) is 7.27. The molecular weight excluding hydrogens is 291 g/mol. The fraction of sp³-hybridized carbons (Fsp3) is 0.385. The largest absolute Gasteiger partial charge is 0.416 e. The van der Waals surface area contributed by atoms with Crippen LogP contribution in [0.3, 0.4) is 0 Å². The van der Waals surface area contributed by atoms with Crippen LogP contribution < -0.4 is 5.32 Å². The van der Waals surface area contributed by atoms with Gasteiger partial charge < -0.3 is 5.32 Å². The molecule has 0 aliphatic rings. The summed E-state index contributed by atoms with van der Waals surface area (Å²) in [7, 11) is 1.83. The van der Waals surface area contributed by atoms with Crippen molar-refractivity contribution in [2.24, 2.45) is 0 Å². The minimum atomic E-state index is -4.27. The van der Waals surface area contributed by atoms with Gasteiger partial charge in [0.05, 0.1) is 5.56 Å². The molecule has 1 aromatic rings. The molecule has 0 atom stereocenters. The fourth-order valence-electron chi connectivity index (χ4n) is 1.37. The Morgan fingerprint density at radius 3 is 2.26 bits per heavy atom. The number of alkyl halides is 3. The van der Waals surface area contributed by atoms with Crippen molar-refractivity contribution in [1.82, 2.24) is 5.32 Å². The van der Waals surface area contributed by atoms with Crippen molar-refractivity contribution in [3.8, 4) is 0 Å². The first-order chi connectivity index (χ1) is 8.88. The zero-order valence-electron chi connectivity index (χ0n) is 10.7. The molecule has 0 saturated carbocycles. The van der Waals surface area contributed by atoms with Crippen molar-refractivity contribution in [2.45, 2.75) is 18.9 Å². The maximum absolute atomic E-state index is 12.4. The number of thioether (sulfide) groups is 1. The summed E-state index contributed by atoms with van der Waals surface area (Å²) in [6, 6.07) is 5.26. The molecule has 0 spiro atoms. The highest BCUT2D eigenvalue weighted by molar-refractivity contribution is 8.03. The third kappa shape index (κ3) is 5.03. The second kappa shape index (κ2) is 7.14. The van der Waals surface area contributed by atoms with Gasteiger partial charge in [-0.05, 0) is 24.6 Å². The molecular formula is C13H16F3NS2. The zero-order chi connectivity index (χ0) is 14.5. The maximum Gasteiger partial charge on any atom is 0.416 e. The SMILES string of the molecule is CN/C(C)=C(/CS)SCc1ccc(C(F)(F)F)cc1. The fourth-order valence-corrected chi connectivity index (χ4v) is 2.83. The predicted octanol–water partition coefficient (Wildman–Crippen LogP) is 4.32. The van der Waals surface area contributed by atoms with E-state index in [0.29, 0.717) is 11.5 Å². The highest BCUT2D eigenvalue weighted by Gasteiger charge is 2.29. The van der Waals surface area contributed by atoms with Gasteiger partial charge in [-0.15, -0.1) is 11.8 Å². The van der Waals surface area contributed by atoms with Gasteiger partial charge in [-0.1, -0.05) is 12.1 Å². The van der Waals surface area contributed by atoms with Gasteiger partial charge in [0.25, 0.3) is 0 Å². The van der Waals surface area contributed by atoms with Gasteiger partial charge in [0.2, 0.25) is 0 Å². The number of allylic oxidation sites excluding steroid dienone is 1. The van der Waals surface area contributed by atoms with Crippen molar-refractivity contribution < 1.29 is 13.2 Å². The standard InChI is InChI=1S/C13H16F3NS2/c1-9(17-2)12(7-18)19-8-10-3-5-11(6-4-10)13(14,15)16/h3-6,17-18H,7-8H2,1-2H3/b12-9-. The number of hydrogen-bond acceptors (Lipinski definition) is 3. The van der Waals surface area contributed by atoms with E-state index in [1.807, 2.05) is 14.0 Å². The predicted molar refractivity (Wildman–Crippen MR) is 78.4 cm³/mol. The van der Waals surface area contributed by atoms with Gasteiger partial charge in [-0.25, -0.2) is 0 Å². The lowest BCUT2D eigenvalue weighted by molar-refractivity contribution is -0.137. The van der Waals surface area contributed by atoms with Crippen molar-refractivity contribution in [2.75, 3.05) is 12.8 Å². The smallest absolute Gasteiger partial charge is 0.391 e. The van der Waals surface area contributed by atoms with Gasteiger partial charge in [-0.2, -0.15) is 25.8 Å². The summed E-state index contributed by atoms with van der Waals surface area (Å²) in [6.45, 7) is 1.95. The van der Waals surface area contributed by atoms with Crippen LogP contribution in [0.15, 0.2) is 34.9 Å². The minimum Gasteiger partial charge on any atom is -0.391 e. The second-order valence-electron chi connectivity index (χ2n) is 3.94. The van der Waals surface area contributed by atoms with Crippen LogP contribution in [0.1, 0.15) is 18.1 Å². The molecule has 6 heteroatoms. The Balaban J connectivity index is 2.69. The summed E-state index contributed by atoms with van der Waals surface area (Å²) < 4.78 is 37.2. The molecule has 0 aliphatic carbocycles. The lowest BCUT2D eigenvalue weighted by Crippen LogP contribution is -2.05. The molecule has 0 fully saturated rings. The highest BCUT2D eigenvalue weighted by atomic mass is 32.2. The Morgan fingerprint density at radius 2 is 1.84 bits per heavy atom. The van der Waals surface area contributed by atoms with Gasteiger partial charge in [-0.3, -0.25) is 0 Å². The molecule has 0 heterocycles. The number of hydrogen-bond donors (Lipinski definition) is 2. The van der Waals surface area contributed by atoms with Gasteiger partial charge in [0.15, 0.2) is 0 Å². The maximum atomic E-state index is 12.4. The Labute approximate surface area is 121 Å². The third-order valence-electron chi connectivity index (χ3n) is 2.63. The highest BCUT2D eigenvalue weighted by Crippen LogP contribution is 2.30. The molecule has 106 valence electrons. The molecule has 19 heavy (non-hydrogen) atoms. The molecule has 0 bridgehead atoms. The number of thiol groups is 1. The Kier molecular flexibility index (Phi) is 6.13. The molecule has 1 nitrogen and oxygen atoms in total. The molecule has 1 rings (SSSR count). The van der Waals surface area contributed by atoms with Crippen LogP contribution in [-0.4, -0.2) is 12.8 Å². The van der Waals surface area contributed by atoms with E-state index in [0.717, 1.165) is 28.3 Å². The van der Waals surface area contributed by atoms with E-state index >= 15 is 0 Å². The number of rotatable bonds is 5. The molecule has 0 unspecified atom stereocenters. The van der Waals surface area contributed by atoms with Crippen molar-refractivity contribution in [1.29, 1.82) is 0 Å². The summed E-state index contributed by atoms with van der Waals surface area (Å²) >= 11 is 5.82. The van der Waals surface area contributed by atoms with Crippen molar-refractivity contribution in [3.05, 3.63) is 46.0 Å². The lowest BCUT2D eigenvalue weighted by atomic mass is 10.1. The molecule has 0 saturated heterocycles. The molecule has 0 amide bonds. The summed E-state index contributed by atoms with van der Waals surface area (Å²) in [5.74, 6) is 1.24. The first kappa shape index (κ1) is 16.3. The van der Waals surface area contributed by atoms with Crippen LogP contribution in [0.4, 0.5) is 13.2 Å². The summed E-state index contributed by atoms with van der Waals surface area (Å²) in [5.41, 5.74) is 1.28. The quantitative estimate of drug-likeness (QED) is 0.786. The van der Waals surface area contributed by atoms with Crippen molar-refractivity contribution in [3.63, 3.8) is 0 Å². The van der Waals surface area contributed by atoms with Crippen LogP contribution in [0.5, 0.6) is 0 Å². The average Bonchev–Trinajstić information content (AvgIpc) is 2.38. The zero-order valence-corrected chi connectivity index (χ0v) is 12.4. The molecule has 1 aromatic carbocycles. The van der Waals surface area contributed by atoms with Crippen LogP contribution in [0, 0.1) is 0 Å². The number of benzene rings is 1. The Morgan fingerprint density at radius 1 is 1.26 bits per heavy atom. The molecule has 0 aromatic heterocycles. The molecule has 1 N–H and O–H groups in total. The summed E-state index contributed by atoms with van der Waals surface area (Å²) in [6.07, 6.45) is -4.27. The van der Waals surface area contributed by atoms with E-state index in [1.54, 1.807) is 11.8 Å². The molecule has 0 aliphatic heterocycles. The Hall–Kier alpha value is -0.750. The van der Waals surface area contributed by atoms with E-state index < -0.39 is 11.7 Å². The second-order valence-corrected chi connectivity index (χ2v) is 5.33. The minimum absolute atomic E-state index is 0.609. The average molecular weight is 307 g/mol. The lowest BCUT2D eigenvalue weighted by Gasteiger charge is -2.10. The van der Waals surface area contributed by atoms with E-state index in [2.05, 4.69) is 17.9 Å². The number of halogens is 3. The van der Waals surface area contributed by atoms with Gasteiger partial charge in [0, 0.05) is 29.2 Å². The normalized spacial score (nSPS) is 13.2. The van der Waals surface area contributed by atoms with Crippen molar-refractivity contribution >= 4 is 24.4 Å². The Bertz CT molecular complexity index is 438. The molecule has 0 radical (unpaired) electrons. The van der Waals surface area contributed by atoms with E-state index in [-0.39, 0.29) is 0 Å². The van der Waals surface area contributed by atoms with E-state index in [9.17, 15) is 13.2 Å². The number of nitrogens with one attached hydrogen (secondary N) is 1. The van der Waals surface area contributed by atoms with Crippen LogP contribution in [0.2, 0.25) is 0 Å². The monoisotopic (exact) mass is 307 g/mol.